The predicted octanol–water partition coefficient (Wildman–Crippen LogP) is 7.94. The molecule has 0 amide bonds. The number of fused-ring (bicyclic) bond motifs is 2. The maximum Gasteiger partial charge on any atom is 0.248 e. The van der Waals surface area contributed by atoms with Crippen LogP contribution in [0.1, 0.15) is 63.6 Å². The first kappa shape index (κ1) is 38.2. The Bertz CT molecular complexity index is 2180. The molecular formula is C37H49N5O4S3Si. The van der Waals surface area contributed by atoms with Crippen molar-refractivity contribution in [3.63, 3.8) is 0 Å². The minimum Gasteiger partial charge on any atom is -0.361 e. The fraction of sp³-hybridized carbons (Fsp3) is 0.459. The minimum atomic E-state index is -3.92. The van der Waals surface area contributed by atoms with Crippen molar-refractivity contribution in [1.82, 2.24) is 18.2 Å². The van der Waals surface area contributed by atoms with E-state index in [-0.39, 0.29) is 6.73 Å². The van der Waals surface area contributed by atoms with Crippen molar-refractivity contribution in [3.05, 3.63) is 88.2 Å². The summed E-state index contributed by atoms with van der Waals surface area (Å²) >= 11 is 1.52. The van der Waals surface area contributed by atoms with Gasteiger partial charge in [-0.25, -0.2) is 26.3 Å². The second-order valence-corrected chi connectivity index (χ2v) is 26.4. The molecule has 0 saturated carbocycles. The van der Waals surface area contributed by atoms with Gasteiger partial charge in [0.2, 0.25) is 10.0 Å². The normalized spacial score (nSPS) is 19.0. The van der Waals surface area contributed by atoms with Gasteiger partial charge in [0.15, 0.2) is 0 Å². The fourth-order valence-electron chi connectivity index (χ4n) is 6.19. The summed E-state index contributed by atoms with van der Waals surface area (Å²) in [5.41, 5.74) is 2.75. The van der Waals surface area contributed by atoms with Crippen LogP contribution >= 0.6 is 11.8 Å². The standard InChI is InChI=1S/C37H49N5O4S3Si/c1-26-13-15-30(29-17-19-42(33(26)29)49(44,45)36(5)18-11-12-28(23-36)47-7)37(6,40-48(43)35(2,3)4)34-39-31-22-27(24-38)14-16-32(31)41(34)25-46-20-21-50(8,9)10/h11-17,19,22-23,40H,18,20-21,25H2,1-10H3. The van der Waals surface area contributed by atoms with Gasteiger partial charge in [0.25, 0.3) is 0 Å². The zero-order chi connectivity index (χ0) is 36.9. The molecule has 1 aliphatic carbocycles. The first-order valence-corrected chi connectivity index (χ1v) is 24.3. The zero-order valence-corrected chi connectivity index (χ0v) is 34.2. The smallest absolute Gasteiger partial charge is 0.248 e. The number of imidazole rings is 1. The van der Waals surface area contributed by atoms with Gasteiger partial charge in [-0.2, -0.15) is 5.26 Å². The third-order valence-corrected chi connectivity index (χ3v) is 15.7. The van der Waals surface area contributed by atoms with E-state index in [1.165, 1.54) is 15.7 Å². The van der Waals surface area contributed by atoms with Gasteiger partial charge in [0.1, 0.15) is 22.8 Å². The Kier molecular flexibility index (Phi) is 10.6. The highest BCUT2D eigenvalue weighted by molar-refractivity contribution is 8.02. The highest BCUT2D eigenvalue weighted by Gasteiger charge is 2.43. The van der Waals surface area contributed by atoms with Crippen LogP contribution in [0, 0.1) is 18.3 Å². The van der Waals surface area contributed by atoms with E-state index in [1.807, 2.05) is 87.9 Å². The van der Waals surface area contributed by atoms with Crippen molar-refractivity contribution < 1.29 is 17.4 Å². The van der Waals surface area contributed by atoms with E-state index in [0.717, 1.165) is 27.6 Å². The number of nitrogens with zero attached hydrogens (tertiary/aromatic N) is 4. The van der Waals surface area contributed by atoms with E-state index in [0.29, 0.717) is 40.8 Å². The molecule has 3 unspecified atom stereocenters. The fourth-order valence-corrected chi connectivity index (χ4v) is 10.2. The van der Waals surface area contributed by atoms with Crippen LogP contribution in [0.2, 0.25) is 25.7 Å². The molecule has 0 fully saturated rings. The summed E-state index contributed by atoms with van der Waals surface area (Å²) in [6.45, 7) is 19.0. The van der Waals surface area contributed by atoms with Gasteiger partial charge in [-0.3, -0.25) is 0 Å². The first-order valence-electron chi connectivity index (χ1n) is 16.7. The molecule has 2 heterocycles. The van der Waals surface area contributed by atoms with Crippen molar-refractivity contribution in [2.45, 2.75) is 95.4 Å². The van der Waals surface area contributed by atoms with Gasteiger partial charge in [0.05, 0.1) is 43.9 Å². The second kappa shape index (κ2) is 13.9. The first-order chi connectivity index (χ1) is 23.3. The minimum absolute atomic E-state index is 0.196. The van der Waals surface area contributed by atoms with Crippen LogP contribution in [-0.4, -0.2) is 56.6 Å². The average Bonchev–Trinajstić information content (AvgIpc) is 3.65. The molecule has 1 N–H and O–H groups in total. The van der Waals surface area contributed by atoms with Crippen LogP contribution in [0.4, 0.5) is 0 Å². The molecule has 3 atom stereocenters. The second-order valence-electron chi connectivity index (χ2n) is 15.6. The van der Waals surface area contributed by atoms with Crippen LogP contribution in [0.5, 0.6) is 0 Å². The Morgan fingerprint density at radius 1 is 1.16 bits per heavy atom. The molecule has 50 heavy (non-hydrogen) atoms. The summed E-state index contributed by atoms with van der Waals surface area (Å²) < 4.78 is 54.5. The van der Waals surface area contributed by atoms with Gasteiger partial charge in [-0.15, -0.1) is 11.8 Å². The molecule has 0 radical (unpaired) electrons. The summed E-state index contributed by atoms with van der Waals surface area (Å²) in [5.74, 6) is 0.547. The zero-order valence-electron chi connectivity index (χ0n) is 30.7. The van der Waals surface area contributed by atoms with Crippen LogP contribution in [0.3, 0.4) is 0 Å². The maximum absolute atomic E-state index is 14.5. The third kappa shape index (κ3) is 7.20. The quantitative estimate of drug-likeness (QED) is 0.115. The predicted molar refractivity (Wildman–Crippen MR) is 211 cm³/mol. The van der Waals surface area contributed by atoms with E-state index in [2.05, 4.69) is 30.4 Å². The van der Waals surface area contributed by atoms with E-state index < -0.39 is 44.1 Å². The lowest BCUT2D eigenvalue weighted by Gasteiger charge is -2.34. The molecule has 0 bridgehead atoms. The number of hydrogen-bond acceptors (Lipinski definition) is 7. The number of aromatic nitrogens is 3. The van der Waals surface area contributed by atoms with Crippen molar-refractivity contribution >= 4 is 62.8 Å². The number of nitriles is 1. The highest BCUT2D eigenvalue weighted by Crippen LogP contribution is 2.41. The number of nitrogens with one attached hydrogen (secondary N) is 1. The SMILES string of the molecule is CSC1=CC(C)(S(=O)(=O)n2ccc3c(C(C)(NS(=O)C(C)(C)C)c4nc5cc(C#N)ccc5n4COCC[Si](C)(C)C)ccc(C)c32)CC=C1. The van der Waals surface area contributed by atoms with Crippen LogP contribution in [-0.2, 0) is 38.0 Å². The largest absolute Gasteiger partial charge is 0.361 e. The van der Waals surface area contributed by atoms with Gasteiger partial charge in [0, 0.05) is 31.2 Å². The summed E-state index contributed by atoms with van der Waals surface area (Å²) in [7, 11) is -6.85. The molecular weight excluding hydrogens is 703 g/mol. The van der Waals surface area contributed by atoms with Gasteiger partial charge in [-0.1, -0.05) is 43.9 Å². The van der Waals surface area contributed by atoms with E-state index in [9.17, 15) is 17.9 Å². The van der Waals surface area contributed by atoms with Crippen LogP contribution in [0.25, 0.3) is 21.9 Å². The summed E-state index contributed by atoms with van der Waals surface area (Å²) in [5, 5.41) is 10.4. The lowest BCUT2D eigenvalue weighted by molar-refractivity contribution is 0.0857. The van der Waals surface area contributed by atoms with E-state index >= 15 is 0 Å². The molecule has 13 heteroatoms. The molecule has 2 aromatic heterocycles. The molecule has 268 valence electrons. The summed E-state index contributed by atoms with van der Waals surface area (Å²) in [4.78, 5) is 6.03. The Balaban J connectivity index is 1.76. The molecule has 0 saturated heterocycles. The lowest BCUT2D eigenvalue weighted by atomic mass is 9.88. The van der Waals surface area contributed by atoms with Crippen molar-refractivity contribution in [2.24, 2.45) is 0 Å². The highest BCUT2D eigenvalue weighted by atomic mass is 32.2. The third-order valence-electron chi connectivity index (χ3n) is 9.29. The average molecular weight is 752 g/mol. The molecule has 0 spiro atoms. The summed E-state index contributed by atoms with van der Waals surface area (Å²) in [6, 6.07) is 14.3. The van der Waals surface area contributed by atoms with Crippen LogP contribution < -0.4 is 4.72 Å². The Hall–Kier alpha value is -2.99. The topological polar surface area (TPSA) is 119 Å². The van der Waals surface area contributed by atoms with Crippen LogP contribution in [0.15, 0.2) is 65.7 Å². The number of benzene rings is 2. The number of aryl methyl sites for hydroxylation is 1. The molecule has 2 aromatic carbocycles. The number of rotatable bonds is 12. The lowest BCUT2D eigenvalue weighted by Crippen LogP contribution is -2.48. The summed E-state index contributed by atoms with van der Waals surface area (Å²) in [6.07, 6.45) is 9.66. The molecule has 4 aromatic rings. The van der Waals surface area contributed by atoms with Gasteiger partial charge >= 0.3 is 0 Å². The Labute approximate surface area is 304 Å². The molecule has 9 nitrogen and oxygen atoms in total. The number of hydrogen-bond donors (Lipinski definition) is 1. The molecule has 5 rings (SSSR count). The van der Waals surface area contributed by atoms with E-state index in [1.54, 1.807) is 25.3 Å². The monoisotopic (exact) mass is 751 g/mol. The Morgan fingerprint density at radius 2 is 1.88 bits per heavy atom. The molecule has 1 aliphatic rings. The maximum atomic E-state index is 14.5. The van der Waals surface area contributed by atoms with Crippen molar-refractivity contribution in [3.8, 4) is 6.07 Å². The number of thioether (sulfide) groups is 1. The van der Waals surface area contributed by atoms with Gasteiger partial charge in [-0.05, 0) is 102 Å². The number of ether oxygens (including phenoxy) is 1. The van der Waals surface area contributed by atoms with Crippen molar-refractivity contribution in [1.29, 1.82) is 5.26 Å². The number of allylic oxidation sites excluding steroid dienone is 2. The molecule has 0 aliphatic heterocycles. The van der Waals surface area contributed by atoms with Crippen molar-refractivity contribution in [2.75, 3.05) is 12.9 Å². The van der Waals surface area contributed by atoms with Gasteiger partial charge < -0.3 is 9.30 Å². The Morgan fingerprint density at radius 3 is 2.52 bits per heavy atom. The van der Waals surface area contributed by atoms with E-state index in [4.69, 9.17) is 9.72 Å².